The Balaban J connectivity index is 1.42. The van der Waals surface area contributed by atoms with Gasteiger partial charge in [0.1, 0.15) is 17.1 Å². The molecular weight excluding hydrogens is 350 g/mol. The molecule has 2 aromatic rings. The Morgan fingerprint density at radius 3 is 2.65 bits per heavy atom. The number of aryl methyl sites for hydroxylation is 2. The molecule has 2 aliphatic heterocycles. The Kier molecular flexibility index (Phi) is 5.42. The third-order valence-corrected chi connectivity index (χ3v) is 5.81. The van der Waals surface area contributed by atoms with Gasteiger partial charge in [0.15, 0.2) is 0 Å². The fraction of sp³-hybridized carbons (Fsp3) is 0.632. The fourth-order valence-corrected chi connectivity index (χ4v) is 4.46. The van der Waals surface area contributed by atoms with Crippen LogP contribution >= 0.6 is 11.3 Å². The van der Waals surface area contributed by atoms with Crippen molar-refractivity contribution in [3.05, 3.63) is 39.7 Å². The molecule has 1 spiro atoms. The van der Waals surface area contributed by atoms with Crippen molar-refractivity contribution in [2.24, 2.45) is 0 Å². The van der Waals surface area contributed by atoms with Crippen molar-refractivity contribution in [2.45, 2.75) is 32.5 Å². The van der Waals surface area contributed by atoms with Crippen molar-refractivity contribution in [1.29, 1.82) is 0 Å². The number of aromatic nitrogens is 1. The molecule has 2 aliphatic rings. The molecule has 2 aromatic heterocycles. The molecule has 6 nitrogen and oxygen atoms in total. The molecule has 2 saturated heterocycles. The lowest BCUT2D eigenvalue weighted by molar-refractivity contribution is -0.144. The van der Waals surface area contributed by atoms with Gasteiger partial charge in [-0.25, -0.2) is 4.98 Å². The van der Waals surface area contributed by atoms with Crippen LogP contribution in [0, 0.1) is 13.8 Å². The normalized spacial score (nSPS) is 25.6. The van der Waals surface area contributed by atoms with E-state index in [-0.39, 0.29) is 5.60 Å². The molecule has 7 heteroatoms. The van der Waals surface area contributed by atoms with E-state index >= 15 is 0 Å². The number of nitrogens with zero attached hydrogens (tertiary/aromatic N) is 3. The lowest BCUT2D eigenvalue weighted by Gasteiger charge is -2.43. The molecule has 4 rings (SSSR count). The van der Waals surface area contributed by atoms with E-state index in [4.69, 9.17) is 13.9 Å². The Bertz CT molecular complexity index is 731. The summed E-state index contributed by atoms with van der Waals surface area (Å²) in [5, 5.41) is 3.27. The van der Waals surface area contributed by atoms with Gasteiger partial charge < -0.3 is 13.9 Å². The second-order valence-corrected chi connectivity index (χ2v) is 8.44. The summed E-state index contributed by atoms with van der Waals surface area (Å²) in [6.45, 7) is 11.4. The molecule has 0 N–H and O–H groups in total. The molecule has 1 atom stereocenters. The molecule has 26 heavy (non-hydrogen) atoms. The highest BCUT2D eigenvalue weighted by Crippen LogP contribution is 2.25. The SMILES string of the molecule is Cc1ccc(CN2CCO[C@]3(COCCN(Cc4csc(C)n4)C3)C2)o1. The van der Waals surface area contributed by atoms with Crippen LogP contribution in [-0.2, 0) is 22.6 Å². The van der Waals surface area contributed by atoms with Crippen LogP contribution in [0.4, 0.5) is 0 Å². The lowest BCUT2D eigenvalue weighted by atomic mass is 10.0. The molecule has 0 bridgehead atoms. The van der Waals surface area contributed by atoms with E-state index in [0.717, 1.165) is 74.7 Å². The molecular formula is C19H27N3O3S. The number of thiazole rings is 1. The molecule has 0 unspecified atom stereocenters. The zero-order chi connectivity index (χ0) is 18.0. The average Bonchev–Trinajstić information content (AvgIpc) is 3.14. The molecule has 142 valence electrons. The van der Waals surface area contributed by atoms with Crippen LogP contribution in [-0.4, -0.2) is 66.4 Å². The van der Waals surface area contributed by atoms with Crippen LogP contribution in [0.25, 0.3) is 0 Å². The summed E-state index contributed by atoms with van der Waals surface area (Å²) in [6, 6.07) is 4.09. The standard InChI is InChI=1S/C19H27N3O3S/c1-15-3-4-18(25-15)10-22-6-8-24-19(13-22)12-21(5-7-23-14-19)9-17-11-26-16(2)20-17/h3-4,11H,5-10,12-14H2,1-2H3/t19-/m0/s1. The maximum Gasteiger partial charge on any atom is 0.118 e. The fourth-order valence-electron chi connectivity index (χ4n) is 3.86. The zero-order valence-electron chi connectivity index (χ0n) is 15.6. The third kappa shape index (κ3) is 4.35. The second kappa shape index (κ2) is 7.78. The first-order chi connectivity index (χ1) is 12.6. The Hall–Kier alpha value is -1.25. The van der Waals surface area contributed by atoms with Gasteiger partial charge >= 0.3 is 0 Å². The van der Waals surface area contributed by atoms with E-state index in [1.807, 2.05) is 13.0 Å². The zero-order valence-corrected chi connectivity index (χ0v) is 16.4. The summed E-state index contributed by atoms with van der Waals surface area (Å²) in [5.41, 5.74) is 0.866. The molecule has 0 radical (unpaired) electrons. The summed E-state index contributed by atoms with van der Waals surface area (Å²) in [5.74, 6) is 1.98. The number of ether oxygens (including phenoxy) is 2. The maximum absolute atomic E-state index is 6.28. The average molecular weight is 378 g/mol. The van der Waals surface area contributed by atoms with Gasteiger partial charge in [0, 0.05) is 38.1 Å². The summed E-state index contributed by atoms with van der Waals surface area (Å²) >= 11 is 1.71. The predicted octanol–water partition coefficient (Wildman–Crippen LogP) is 2.46. The highest BCUT2D eigenvalue weighted by atomic mass is 32.1. The van der Waals surface area contributed by atoms with Crippen LogP contribution in [0.1, 0.15) is 22.2 Å². The van der Waals surface area contributed by atoms with Crippen LogP contribution in [0.5, 0.6) is 0 Å². The first kappa shape index (κ1) is 18.1. The Labute approximate surface area is 158 Å². The summed E-state index contributed by atoms with van der Waals surface area (Å²) in [4.78, 5) is 9.45. The van der Waals surface area contributed by atoms with Crippen molar-refractivity contribution in [3.8, 4) is 0 Å². The molecule has 4 heterocycles. The summed E-state index contributed by atoms with van der Waals surface area (Å²) < 4.78 is 18.0. The third-order valence-electron chi connectivity index (χ3n) is 4.98. The molecule has 2 fully saturated rings. The summed E-state index contributed by atoms with van der Waals surface area (Å²) in [7, 11) is 0. The molecule has 0 aliphatic carbocycles. The first-order valence-electron chi connectivity index (χ1n) is 9.23. The van der Waals surface area contributed by atoms with Crippen LogP contribution in [0.2, 0.25) is 0 Å². The molecule has 0 amide bonds. The minimum absolute atomic E-state index is 0.276. The molecule has 0 aromatic carbocycles. The van der Waals surface area contributed by atoms with E-state index < -0.39 is 0 Å². The highest BCUT2D eigenvalue weighted by molar-refractivity contribution is 7.09. The van der Waals surface area contributed by atoms with Crippen LogP contribution in [0.15, 0.2) is 21.9 Å². The van der Waals surface area contributed by atoms with Crippen molar-refractivity contribution in [1.82, 2.24) is 14.8 Å². The smallest absolute Gasteiger partial charge is 0.118 e. The number of hydrogen-bond acceptors (Lipinski definition) is 7. The minimum atomic E-state index is -0.276. The second-order valence-electron chi connectivity index (χ2n) is 7.38. The first-order valence-corrected chi connectivity index (χ1v) is 10.1. The quantitative estimate of drug-likeness (QED) is 0.816. The van der Waals surface area contributed by atoms with E-state index in [1.165, 1.54) is 0 Å². The molecule has 0 saturated carbocycles. The monoisotopic (exact) mass is 377 g/mol. The number of hydrogen-bond donors (Lipinski definition) is 0. The number of rotatable bonds is 4. The van der Waals surface area contributed by atoms with Gasteiger partial charge in [-0.2, -0.15) is 0 Å². The number of morpholine rings is 1. The van der Waals surface area contributed by atoms with Gasteiger partial charge in [-0.05, 0) is 26.0 Å². The predicted molar refractivity (Wildman–Crippen MR) is 100 cm³/mol. The largest absolute Gasteiger partial charge is 0.465 e. The minimum Gasteiger partial charge on any atom is -0.465 e. The van der Waals surface area contributed by atoms with Gasteiger partial charge in [0.25, 0.3) is 0 Å². The Morgan fingerprint density at radius 2 is 1.92 bits per heavy atom. The van der Waals surface area contributed by atoms with E-state index in [1.54, 1.807) is 11.3 Å². The lowest BCUT2D eigenvalue weighted by Crippen LogP contribution is -2.58. The van der Waals surface area contributed by atoms with Gasteiger partial charge in [0.2, 0.25) is 0 Å². The van der Waals surface area contributed by atoms with Gasteiger partial charge in [-0.15, -0.1) is 11.3 Å². The topological polar surface area (TPSA) is 51.0 Å². The van der Waals surface area contributed by atoms with Crippen LogP contribution in [0.3, 0.4) is 0 Å². The van der Waals surface area contributed by atoms with Crippen molar-refractivity contribution in [2.75, 3.05) is 46.0 Å². The van der Waals surface area contributed by atoms with E-state index in [0.29, 0.717) is 6.61 Å². The van der Waals surface area contributed by atoms with E-state index in [9.17, 15) is 0 Å². The Morgan fingerprint density at radius 1 is 1.12 bits per heavy atom. The summed E-state index contributed by atoms with van der Waals surface area (Å²) in [6.07, 6.45) is 0. The highest BCUT2D eigenvalue weighted by Gasteiger charge is 2.40. The van der Waals surface area contributed by atoms with Gasteiger partial charge in [-0.1, -0.05) is 0 Å². The number of furan rings is 1. The van der Waals surface area contributed by atoms with Crippen molar-refractivity contribution in [3.63, 3.8) is 0 Å². The van der Waals surface area contributed by atoms with Gasteiger partial charge in [0.05, 0.1) is 37.1 Å². The van der Waals surface area contributed by atoms with Gasteiger partial charge in [-0.3, -0.25) is 9.80 Å². The van der Waals surface area contributed by atoms with Crippen molar-refractivity contribution < 1.29 is 13.9 Å². The van der Waals surface area contributed by atoms with E-state index in [2.05, 4.69) is 33.2 Å². The van der Waals surface area contributed by atoms with Crippen LogP contribution < -0.4 is 0 Å². The van der Waals surface area contributed by atoms with Crippen molar-refractivity contribution >= 4 is 11.3 Å². The maximum atomic E-state index is 6.28.